The summed E-state index contributed by atoms with van der Waals surface area (Å²) in [6.07, 6.45) is 0.243. The normalized spacial score (nSPS) is 11.8. The molecule has 0 aliphatic rings. The summed E-state index contributed by atoms with van der Waals surface area (Å²) in [4.78, 5) is 10.5. The van der Waals surface area contributed by atoms with Crippen molar-refractivity contribution in [1.29, 1.82) is 5.26 Å². The number of nitrogens with zero attached hydrogens (tertiary/aromatic N) is 1. The summed E-state index contributed by atoms with van der Waals surface area (Å²) in [6.45, 7) is -0.0366. The Kier molecular flexibility index (Phi) is 7.96. The van der Waals surface area contributed by atoms with Crippen molar-refractivity contribution in [2.45, 2.75) is 6.42 Å². The Morgan fingerprint density at radius 1 is 1.62 bits per heavy atom. The molecule has 0 aliphatic carbocycles. The zero-order valence-electron chi connectivity index (χ0n) is 7.03. The van der Waals surface area contributed by atoms with Crippen LogP contribution in [0.15, 0.2) is 0 Å². The number of hydrogen-bond acceptors (Lipinski definition) is 5. The van der Waals surface area contributed by atoms with Crippen LogP contribution in [0.2, 0.25) is 0 Å². The Morgan fingerprint density at radius 3 is 2.85 bits per heavy atom. The largest absolute Gasteiger partial charge is 0.467 e. The minimum atomic E-state index is -1.61. The monoisotopic (exact) mass is 225 g/mol. The van der Waals surface area contributed by atoms with Gasteiger partial charge < -0.3 is 13.8 Å². The first-order valence-electron chi connectivity index (χ1n) is 3.36. The van der Waals surface area contributed by atoms with Crippen molar-refractivity contribution in [2.24, 2.45) is 0 Å². The lowest BCUT2D eigenvalue weighted by atomic mass is 10.5. The van der Waals surface area contributed by atoms with E-state index in [0.717, 1.165) is 0 Å². The number of carbonyl (C=O) groups is 1. The van der Waals surface area contributed by atoms with Gasteiger partial charge in [0, 0.05) is 0 Å². The van der Waals surface area contributed by atoms with Gasteiger partial charge in [0.05, 0.1) is 26.2 Å². The lowest BCUT2D eigenvalue weighted by Crippen LogP contribution is -2.07. The zero-order valence-corrected chi connectivity index (χ0v) is 8.68. The van der Waals surface area contributed by atoms with Crippen LogP contribution in [-0.4, -0.2) is 26.3 Å². The number of esters is 1. The smallest absolute Gasteiger partial charge is 0.332 e. The van der Waals surface area contributed by atoms with Gasteiger partial charge in [-0.25, -0.2) is 4.79 Å². The fourth-order valence-electron chi connectivity index (χ4n) is 0.363. The summed E-state index contributed by atoms with van der Waals surface area (Å²) in [6, 6.07) is 1.88. The Hall–Kier alpha value is -0.400. The van der Waals surface area contributed by atoms with Gasteiger partial charge in [-0.1, -0.05) is 0 Å². The summed E-state index contributed by atoms with van der Waals surface area (Å²) < 4.78 is 13.9. The average Bonchev–Trinajstić information content (AvgIpc) is 2.14. The number of methoxy groups -OCH3 is 1. The fraction of sp³-hybridized carbons (Fsp3) is 0.667. The van der Waals surface area contributed by atoms with Crippen LogP contribution >= 0.6 is 19.0 Å². The van der Waals surface area contributed by atoms with E-state index in [1.165, 1.54) is 7.11 Å². The molecule has 13 heavy (non-hydrogen) atoms. The number of halogens is 1. The van der Waals surface area contributed by atoms with E-state index in [2.05, 4.69) is 4.74 Å². The molecular weight excluding hydrogens is 216 g/mol. The third-order valence-electron chi connectivity index (χ3n) is 0.918. The fourth-order valence-corrected chi connectivity index (χ4v) is 1.23. The molecule has 1 unspecified atom stereocenters. The van der Waals surface area contributed by atoms with Gasteiger partial charge in [0.2, 0.25) is 0 Å². The molecule has 0 rings (SSSR count). The number of nitriles is 1. The van der Waals surface area contributed by atoms with E-state index < -0.39 is 13.7 Å². The second-order valence-corrected chi connectivity index (χ2v) is 3.57. The predicted octanol–water partition coefficient (Wildman–Crippen LogP) is 1.57. The highest BCUT2D eigenvalue weighted by atomic mass is 35.7. The molecule has 0 N–H and O–H groups in total. The van der Waals surface area contributed by atoms with Crippen molar-refractivity contribution >= 4 is 24.9 Å². The lowest BCUT2D eigenvalue weighted by molar-refractivity contribution is -0.142. The molecule has 0 spiro atoms. The highest BCUT2D eigenvalue weighted by Gasteiger charge is 2.09. The Bertz CT molecular complexity index is 196. The third-order valence-corrected chi connectivity index (χ3v) is 2.22. The predicted molar refractivity (Wildman–Crippen MR) is 46.9 cm³/mol. The van der Waals surface area contributed by atoms with Crippen LogP contribution in [-0.2, 0) is 18.6 Å². The molecule has 0 aromatic rings. The van der Waals surface area contributed by atoms with Gasteiger partial charge in [0.25, 0.3) is 7.73 Å². The first-order chi connectivity index (χ1) is 6.20. The van der Waals surface area contributed by atoms with Crippen LogP contribution in [0.5, 0.6) is 0 Å². The number of ether oxygens (including phenoxy) is 1. The summed E-state index contributed by atoms with van der Waals surface area (Å²) in [7, 11) is -0.361. The molecule has 0 saturated carbocycles. The molecular formula is C6H9ClNO4P. The summed E-state index contributed by atoms with van der Waals surface area (Å²) in [5, 5.41) is 8.15. The summed E-state index contributed by atoms with van der Waals surface area (Å²) in [5.74, 6) is -0.517. The van der Waals surface area contributed by atoms with Gasteiger partial charge in [-0.3, -0.25) is 0 Å². The minimum absolute atomic E-state index is 0.201. The molecule has 74 valence electrons. The van der Waals surface area contributed by atoms with E-state index in [-0.39, 0.29) is 19.6 Å². The van der Waals surface area contributed by atoms with Crippen LogP contribution in [0, 0.1) is 11.3 Å². The molecule has 0 fully saturated rings. The van der Waals surface area contributed by atoms with Crippen molar-refractivity contribution in [3.8, 4) is 6.07 Å². The molecule has 0 bridgehead atoms. The molecule has 7 heteroatoms. The second-order valence-electron chi connectivity index (χ2n) is 1.80. The molecule has 0 aliphatic heterocycles. The van der Waals surface area contributed by atoms with E-state index in [1.807, 2.05) is 6.07 Å². The van der Waals surface area contributed by atoms with Gasteiger partial charge in [0.15, 0.2) is 6.61 Å². The topological polar surface area (TPSA) is 68.6 Å². The Morgan fingerprint density at radius 2 is 2.31 bits per heavy atom. The minimum Gasteiger partial charge on any atom is -0.467 e. The number of carbonyl (C=O) groups excluding carboxylic acids is 1. The quantitative estimate of drug-likeness (QED) is 0.390. The zero-order chi connectivity index (χ0) is 10.1. The highest BCUT2D eigenvalue weighted by Crippen LogP contribution is 2.43. The summed E-state index contributed by atoms with van der Waals surface area (Å²) >= 11 is 5.52. The molecule has 0 aromatic heterocycles. The van der Waals surface area contributed by atoms with Crippen LogP contribution in [0.3, 0.4) is 0 Å². The average molecular weight is 226 g/mol. The summed E-state index contributed by atoms with van der Waals surface area (Å²) in [5.41, 5.74) is 0. The Balaban J connectivity index is 3.35. The third kappa shape index (κ3) is 7.94. The van der Waals surface area contributed by atoms with Crippen molar-refractivity contribution in [2.75, 3.05) is 20.3 Å². The van der Waals surface area contributed by atoms with Crippen LogP contribution in [0.4, 0.5) is 0 Å². The van der Waals surface area contributed by atoms with Gasteiger partial charge in [-0.2, -0.15) is 5.26 Å². The molecule has 1 atom stereocenters. The lowest BCUT2D eigenvalue weighted by Gasteiger charge is -2.07. The number of rotatable bonds is 6. The van der Waals surface area contributed by atoms with E-state index >= 15 is 0 Å². The van der Waals surface area contributed by atoms with Gasteiger partial charge in [0.1, 0.15) is 0 Å². The van der Waals surface area contributed by atoms with E-state index in [0.29, 0.717) is 0 Å². The Labute approximate surface area is 82.2 Å². The van der Waals surface area contributed by atoms with E-state index in [4.69, 9.17) is 25.6 Å². The van der Waals surface area contributed by atoms with Crippen molar-refractivity contribution in [1.82, 2.24) is 0 Å². The van der Waals surface area contributed by atoms with Gasteiger partial charge in [-0.15, -0.1) is 0 Å². The van der Waals surface area contributed by atoms with Gasteiger partial charge in [-0.05, 0) is 11.2 Å². The van der Waals surface area contributed by atoms with Crippen LogP contribution < -0.4 is 0 Å². The first kappa shape index (κ1) is 12.6. The van der Waals surface area contributed by atoms with Crippen LogP contribution in [0.1, 0.15) is 6.42 Å². The van der Waals surface area contributed by atoms with Gasteiger partial charge >= 0.3 is 5.97 Å². The van der Waals surface area contributed by atoms with Crippen LogP contribution in [0.25, 0.3) is 0 Å². The first-order valence-corrected chi connectivity index (χ1v) is 5.44. The molecule has 5 nitrogen and oxygen atoms in total. The van der Waals surface area contributed by atoms with Crippen molar-refractivity contribution in [3.63, 3.8) is 0 Å². The maximum Gasteiger partial charge on any atom is 0.332 e. The number of hydrogen-bond donors (Lipinski definition) is 0. The molecule has 0 aromatic carbocycles. The maximum absolute atomic E-state index is 10.5. The highest BCUT2D eigenvalue weighted by molar-refractivity contribution is 7.76. The van der Waals surface area contributed by atoms with E-state index in [9.17, 15) is 4.79 Å². The van der Waals surface area contributed by atoms with Crippen molar-refractivity contribution < 1.29 is 18.6 Å². The molecule has 0 saturated heterocycles. The SMILES string of the molecule is COC(=O)COP(Cl)OCCC#N. The maximum atomic E-state index is 10.5. The second kappa shape index (κ2) is 8.21. The molecule has 0 heterocycles. The molecule has 0 radical (unpaired) electrons. The van der Waals surface area contributed by atoms with Crippen molar-refractivity contribution in [3.05, 3.63) is 0 Å². The standard InChI is InChI=1S/C6H9ClNO4P/c1-10-6(9)5-12-13(7)11-4-2-3-8/h2,4-5H2,1H3. The molecule has 0 amide bonds. The van der Waals surface area contributed by atoms with E-state index in [1.54, 1.807) is 0 Å².